The van der Waals surface area contributed by atoms with Crippen molar-refractivity contribution in [1.82, 2.24) is 4.98 Å². The van der Waals surface area contributed by atoms with Crippen LogP contribution in [0.1, 0.15) is 16.1 Å². The topological polar surface area (TPSA) is 30.0 Å². The second-order valence-corrected chi connectivity index (χ2v) is 4.49. The summed E-state index contributed by atoms with van der Waals surface area (Å²) < 4.78 is 27.0. The van der Waals surface area contributed by atoms with Gasteiger partial charge in [-0.1, -0.05) is 0 Å². The van der Waals surface area contributed by atoms with Gasteiger partial charge in [0.2, 0.25) is 5.78 Å². The number of hydrogen-bond donors (Lipinski definition) is 0. The Morgan fingerprint density at radius 3 is 2.75 bits per heavy atom. The van der Waals surface area contributed by atoms with Crippen LogP contribution >= 0.6 is 27.3 Å². The van der Waals surface area contributed by atoms with Gasteiger partial charge in [-0.3, -0.25) is 4.79 Å². The Hall–Kier alpha value is -1.14. The van der Waals surface area contributed by atoms with E-state index in [1.807, 2.05) is 0 Å². The summed E-state index contributed by atoms with van der Waals surface area (Å²) >= 11 is 4.09. The average molecular weight is 304 g/mol. The minimum atomic E-state index is -0.905. The fraction of sp³-hybridized carbons (Fsp3) is 0. The molecule has 0 spiro atoms. The number of carbonyl (C=O) groups is 1. The van der Waals surface area contributed by atoms with Crippen molar-refractivity contribution in [2.24, 2.45) is 0 Å². The predicted octanol–water partition coefficient (Wildman–Crippen LogP) is 3.41. The number of halogens is 3. The van der Waals surface area contributed by atoms with Gasteiger partial charge in [0.25, 0.3) is 0 Å². The first-order valence-electron chi connectivity index (χ1n) is 4.17. The normalized spacial score (nSPS) is 10.4. The van der Waals surface area contributed by atoms with Crippen molar-refractivity contribution in [1.29, 1.82) is 0 Å². The molecule has 0 atom stereocenters. The first-order chi connectivity index (χ1) is 7.61. The largest absolute Gasteiger partial charge is 0.287 e. The lowest BCUT2D eigenvalue weighted by Crippen LogP contribution is -2.08. The summed E-state index contributed by atoms with van der Waals surface area (Å²) in [7, 11) is 0. The van der Waals surface area contributed by atoms with Crippen molar-refractivity contribution in [3.8, 4) is 0 Å². The zero-order valence-electron chi connectivity index (χ0n) is 7.71. The molecule has 0 fully saturated rings. The van der Waals surface area contributed by atoms with Crippen LogP contribution in [0.5, 0.6) is 0 Å². The Bertz CT molecular complexity index is 542. The van der Waals surface area contributed by atoms with Crippen LogP contribution in [-0.2, 0) is 0 Å². The lowest BCUT2D eigenvalue weighted by atomic mass is 10.1. The maximum absolute atomic E-state index is 13.6. The Morgan fingerprint density at radius 1 is 1.38 bits per heavy atom. The number of thiazole rings is 1. The molecule has 2 nitrogen and oxygen atoms in total. The molecule has 6 heteroatoms. The summed E-state index contributed by atoms with van der Waals surface area (Å²) in [4.78, 5) is 15.5. The van der Waals surface area contributed by atoms with E-state index in [0.717, 1.165) is 6.07 Å². The van der Waals surface area contributed by atoms with Crippen molar-refractivity contribution < 1.29 is 13.6 Å². The van der Waals surface area contributed by atoms with Crippen molar-refractivity contribution in [2.45, 2.75) is 0 Å². The number of ketones is 1. The summed E-state index contributed by atoms with van der Waals surface area (Å²) in [6, 6.07) is 2.25. The first kappa shape index (κ1) is 11.3. The summed E-state index contributed by atoms with van der Waals surface area (Å²) in [6.07, 6.45) is 0. The molecule has 82 valence electrons. The third kappa shape index (κ3) is 1.90. The van der Waals surface area contributed by atoms with Gasteiger partial charge in [0.05, 0.1) is 15.5 Å². The van der Waals surface area contributed by atoms with Gasteiger partial charge >= 0.3 is 0 Å². The first-order valence-corrected chi connectivity index (χ1v) is 5.91. The molecule has 1 aromatic heterocycles. The Labute approximate surface area is 102 Å². The molecular weight excluding hydrogens is 300 g/mol. The number of nitrogens with zero attached hydrogens (tertiary/aromatic N) is 1. The van der Waals surface area contributed by atoms with E-state index in [-0.39, 0.29) is 10.2 Å². The Kier molecular flexibility index (Phi) is 3.11. The fourth-order valence-corrected chi connectivity index (χ4v) is 2.05. The van der Waals surface area contributed by atoms with Crippen molar-refractivity contribution in [2.75, 3.05) is 0 Å². The highest BCUT2D eigenvalue weighted by Crippen LogP contribution is 2.23. The Morgan fingerprint density at radius 2 is 2.12 bits per heavy atom. The smallest absolute Gasteiger partial charge is 0.218 e. The molecular formula is C10H4BrF2NOS. The van der Waals surface area contributed by atoms with Gasteiger partial charge in [-0.2, -0.15) is 0 Å². The average Bonchev–Trinajstić information content (AvgIpc) is 2.77. The molecule has 0 unspecified atom stereocenters. The minimum Gasteiger partial charge on any atom is -0.287 e. The van der Waals surface area contributed by atoms with E-state index in [2.05, 4.69) is 20.9 Å². The molecule has 0 aliphatic carbocycles. The second-order valence-electron chi connectivity index (χ2n) is 2.92. The van der Waals surface area contributed by atoms with E-state index in [1.165, 1.54) is 28.3 Å². The van der Waals surface area contributed by atoms with Crippen molar-refractivity contribution >= 4 is 33.0 Å². The van der Waals surface area contributed by atoms with Crippen LogP contribution in [0.4, 0.5) is 8.78 Å². The Balaban J connectivity index is 2.56. The van der Waals surface area contributed by atoms with Gasteiger partial charge in [0.1, 0.15) is 11.5 Å². The number of carbonyl (C=O) groups excluding carboxylic acids is 1. The van der Waals surface area contributed by atoms with Gasteiger partial charge in [0.15, 0.2) is 5.82 Å². The number of aromatic nitrogens is 1. The van der Waals surface area contributed by atoms with Gasteiger partial charge in [-0.15, -0.1) is 11.3 Å². The quantitative estimate of drug-likeness (QED) is 0.628. The molecule has 2 aromatic rings. The molecule has 0 amide bonds. The summed E-state index contributed by atoms with van der Waals surface area (Å²) in [5.74, 6) is -2.55. The van der Waals surface area contributed by atoms with Crippen molar-refractivity contribution in [3.05, 3.63) is 50.4 Å². The number of hydrogen-bond acceptors (Lipinski definition) is 3. The van der Waals surface area contributed by atoms with E-state index in [1.54, 1.807) is 0 Å². The monoisotopic (exact) mass is 303 g/mol. The van der Waals surface area contributed by atoms with Crippen molar-refractivity contribution in [3.63, 3.8) is 0 Å². The zero-order valence-corrected chi connectivity index (χ0v) is 10.1. The molecule has 2 rings (SSSR count). The molecule has 0 aliphatic heterocycles. The van der Waals surface area contributed by atoms with Crippen LogP contribution in [0.15, 0.2) is 27.5 Å². The van der Waals surface area contributed by atoms with Crippen LogP contribution in [-0.4, -0.2) is 10.8 Å². The van der Waals surface area contributed by atoms with Crippen LogP contribution in [0, 0.1) is 11.6 Å². The highest BCUT2D eigenvalue weighted by Gasteiger charge is 2.22. The molecule has 16 heavy (non-hydrogen) atoms. The summed E-state index contributed by atoms with van der Waals surface area (Å²) in [5.41, 5.74) is 0.891. The second kappa shape index (κ2) is 4.39. The maximum Gasteiger partial charge on any atom is 0.218 e. The van der Waals surface area contributed by atoms with Crippen LogP contribution < -0.4 is 0 Å². The molecule has 0 N–H and O–H groups in total. The molecule has 0 saturated carbocycles. The standard InChI is InChI=1S/C10H4BrF2NOS/c11-5-1-2-6(12)8(9(5)13)10(15)7-3-16-4-14-7/h1-4H. The van der Waals surface area contributed by atoms with Gasteiger partial charge in [-0.25, -0.2) is 13.8 Å². The van der Waals surface area contributed by atoms with Gasteiger partial charge in [0, 0.05) is 5.38 Å². The molecule has 0 saturated heterocycles. The molecule has 1 heterocycles. The summed E-state index contributed by atoms with van der Waals surface area (Å²) in [5, 5.41) is 1.45. The highest BCUT2D eigenvalue weighted by molar-refractivity contribution is 9.10. The van der Waals surface area contributed by atoms with Crippen LogP contribution in [0.2, 0.25) is 0 Å². The fourth-order valence-electron chi connectivity index (χ4n) is 1.19. The van der Waals surface area contributed by atoms with Gasteiger partial charge in [-0.05, 0) is 28.1 Å². The van der Waals surface area contributed by atoms with Gasteiger partial charge < -0.3 is 0 Å². The van der Waals surface area contributed by atoms with E-state index in [4.69, 9.17) is 0 Å². The van der Waals surface area contributed by atoms with E-state index >= 15 is 0 Å². The van der Waals surface area contributed by atoms with E-state index in [0.29, 0.717) is 0 Å². The predicted molar refractivity (Wildman–Crippen MR) is 59.6 cm³/mol. The van der Waals surface area contributed by atoms with E-state index < -0.39 is 23.0 Å². The lowest BCUT2D eigenvalue weighted by Gasteiger charge is -2.03. The third-order valence-electron chi connectivity index (χ3n) is 1.94. The van der Waals surface area contributed by atoms with E-state index in [9.17, 15) is 13.6 Å². The molecule has 1 aromatic carbocycles. The SMILES string of the molecule is O=C(c1cscn1)c1c(F)ccc(Br)c1F. The lowest BCUT2D eigenvalue weighted by molar-refractivity contribution is 0.102. The molecule has 0 aliphatic rings. The molecule has 0 radical (unpaired) electrons. The molecule has 0 bridgehead atoms. The number of rotatable bonds is 2. The summed E-state index contributed by atoms with van der Waals surface area (Å²) in [6.45, 7) is 0. The van der Waals surface area contributed by atoms with Crippen LogP contribution in [0.3, 0.4) is 0 Å². The maximum atomic E-state index is 13.6. The van der Waals surface area contributed by atoms with Crippen LogP contribution in [0.25, 0.3) is 0 Å². The minimum absolute atomic E-state index is 0.0425. The third-order valence-corrected chi connectivity index (χ3v) is 3.13. The number of benzene rings is 1. The zero-order chi connectivity index (χ0) is 11.7. The highest BCUT2D eigenvalue weighted by atomic mass is 79.9.